The van der Waals surface area contributed by atoms with E-state index in [4.69, 9.17) is 0 Å². The molecule has 6 nitrogen and oxygen atoms in total. The lowest BCUT2D eigenvalue weighted by molar-refractivity contribution is -0.149. The van der Waals surface area contributed by atoms with E-state index in [0.717, 1.165) is 13.0 Å². The number of hydrogen-bond acceptors (Lipinski definition) is 4. The van der Waals surface area contributed by atoms with Crippen molar-refractivity contribution < 1.29 is 14.4 Å². The van der Waals surface area contributed by atoms with Gasteiger partial charge in [-0.1, -0.05) is 20.8 Å². The van der Waals surface area contributed by atoms with Gasteiger partial charge in [-0.25, -0.2) is 4.98 Å². The topological polar surface area (TPSA) is 81.1 Å². The van der Waals surface area contributed by atoms with Gasteiger partial charge in [-0.15, -0.1) is 0 Å². The summed E-state index contributed by atoms with van der Waals surface area (Å²) in [5.74, 6) is -1.15. The summed E-state index contributed by atoms with van der Waals surface area (Å²) in [6.07, 6.45) is 7.12. The standard InChI is InChI=1S/C17H23N3O3/c1-15(2)16(3)5-6-17(15,13(22)12(16)21)14(23)19-7-4-9-20-10-8-18-11-20/h8,10-11H,4-7,9H2,1-3H3,(H,19,23). The van der Waals surface area contributed by atoms with Crippen molar-refractivity contribution in [2.24, 2.45) is 16.2 Å². The van der Waals surface area contributed by atoms with Crippen molar-refractivity contribution in [3.05, 3.63) is 18.7 Å². The third-order valence-corrected chi connectivity index (χ3v) is 6.37. The number of imidazole rings is 1. The van der Waals surface area contributed by atoms with Crippen LogP contribution in [0.25, 0.3) is 0 Å². The summed E-state index contributed by atoms with van der Waals surface area (Å²) in [4.78, 5) is 41.7. The Morgan fingerprint density at radius 1 is 1.26 bits per heavy atom. The molecule has 0 radical (unpaired) electrons. The summed E-state index contributed by atoms with van der Waals surface area (Å²) < 4.78 is 1.94. The molecule has 1 aromatic heterocycles. The van der Waals surface area contributed by atoms with Crippen LogP contribution in [0.3, 0.4) is 0 Å². The first-order valence-electron chi connectivity index (χ1n) is 8.11. The maximum absolute atomic E-state index is 12.8. The van der Waals surface area contributed by atoms with Crippen LogP contribution < -0.4 is 5.32 Å². The average molecular weight is 317 g/mol. The highest BCUT2D eigenvalue weighted by Crippen LogP contribution is 2.68. The summed E-state index contributed by atoms with van der Waals surface area (Å²) >= 11 is 0. The van der Waals surface area contributed by atoms with E-state index in [1.54, 1.807) is 12.5 Å². The minimum absolute atomic E-state index is 0.285. The zero-order chi connectivity index (χ0) is 16.9. The number of carbonyl (C=O) groups excluding carboxylic acids is 3. The third-order valence-electron chi connectivity index (χ3n) is 6.37. The molecule has 124 valence electrons. The van der Waals surface area contributed by atoms with E-state index >= 15 is 0 Å². The third kappa shape index (κ3) is 1.87. The van der Waals surface area contributed by atoms with E-state index in [-0.39, 0.29) is 11.7 Å². The average Bonchev–Trinajstić information content (AvgIpc) is 3.11. The summed E-state index contributed by atoms with van der Waals surface area (Å²) in [7, 11) is 0. The Morgan fingerprint density at radius 2 is 2.00 bits per heavy atom. The predicted octanol–water partition coefficient (Wildman–Crippen LogP) is 1.35. The SMILES string of the molecule is CC12CCC(C(=O)NCCCn3ccnc3)(C(=O)C1=O)C2(C)C. The number of nitrogens with zero attached hydrogens (tertiary/aromatic N) is 2. The maximum Gasteiger partial charge on any atom is 0.234 e. The number of ketones is 2. The fraction of sp³-hybridized carbons (Fsp3) is 0.647. The van der Waals surface area contributed by atoms with E-state index < -0.39 is 22.0 Å². The molecule has 3 rings (SSSR count). The lowest BCUT2D eigenvalue weighted by Crippen LogP contribution is -2.50. The highest BCUT2D eigenvalue weighted by atomic mass is 16.2. The predicted molar refractivity (Wildman–Crippen MR) is 83.4 cm³/mol. The number of rotatable bonds is 5. The Balaban J connectivity index is 1.69. The molecule has 1 amide bonds. The summed E-state index contributed by atoms with van der Waals surface area (Å²) in [6.45, 7) is 6.82. The van der Waals surface area contributed by atoms with Crippen molar-refractivity contribution in [2.75, 3.05) is 6.54 Å². The fourth-order valence-corrected chi connectivity index (χ4v) is 4.31. The molecule has 2 saturated carbocycles. The zero-order valence-corrected chi connectivity index (χ0v) is 13.9. The molecule has 2 bridgehead atoms. The molecule has 2 unspecified atom stereocenters. The van der Waals surface area contributed by atoms with Crippen molar-refractivity contribution in [3.63, 3.8) is 0 Å². The normalized spacial score (nSPS) is 31.6. The van der Waals surface area contributed by atoms with Gasteiger partial charge in [0.1, 0.15) is 5.41 Å². The van der Waals surface area contributed by atoms with Gasteiger partial charge in [-0.2, -0.15) is 0 Å². The Labute approximate surface area is 135 Å². The molecule has 6 heteroatoms. The van der Waals surface area contributed by atoms with Crippen molar-refractivity contribution >= 4 is 17.5 Å². The smallest absolute Gasteiger partial charge is 0.234 e. The first kappa shape index (κ1) is 15.9. The molecule has 2 aliphatic rings. The molecule has 2 fully saturated rings. The van der Waals surface area contributed by atoms with Gasteiger partial charge in [0, 0.05) is 30.9 Å². The molecule has 0 spiro atoms. The maximum atomic E-state index is 12.8. The number of hydrogen-bond donors (Lipinski definition) is 1. The largest absolute Gasteiger partial charge is 0.355 e. The van der Waals surface area contributed by atoms with Crippen LogP contribution in [0, 0.1) is 16.2 Å². The van der Waals surface area contributed by atoms with Gasteiger partial charge in [-0.3, -0.25) is 14.4 Å². The van der Waals surface area contributed by atoms with Gasteiger partial charge in [-0.05, 0) is 24.7 Å². The van der Waals surface area contributed by atoms with E-state index in [9.17, 15) is 14.4 Å². The quantitative estimate of drug-likeness (QED) is 0.505. The highest BCUT2D eigenvalue weighted by molar-refractivity contribution is 6.48. The van der Waals surface area contributed by atoms with E-state index in [1.807, 2.05) is 31.5 Å². The molecule has 0 saturated heterocycles. The van der Waals surface area contributed by atoms with E-state index in [2.05, 4.69) is 10.3 Å². The minimum Gasteiger partial charge on any atom is -0.355 e. The van der Waals surface area contributed by atoms with Gasteiger partial charge in [0.25, 0.3) is 0 Å². The van der Waals surface area contributed by atoms with Crippen molar-refractivity contribution in [2.45, 2.75) is 46.6 Å². The van der Waals surface area contributed by atoms with Crippen LogP contribution in [-0.4, -0.2) is 33.6 Å². The van der Waals surface area contributed by atoms with Crippen molar-refractivity contribution in [1.29, 1.82) is 0 Å². The van der Waals surface area contributed by atoms with Crippen LogP contribution in [0.2, 0.25) is 0 Å². The lowest BCUT2D eigenvalue weighted by Gasteiger charge is -2.37. The molecular formula is C17H23N3O3. The molecule has 0 aromatic carbocycles. The first-order valence-corrected chi connectivity index (χ1v) is 8.11. The molecule has 1 N–H and O–H groups in total. The highest BCUT2D eigenvalue weighted by Gasteiger charge is 2.77. The van der Waals surface area contributed by atoms with E-state index in [1.165, 1.54) is 0 Å². The molecular weight excluding hydrogens is 294 g/mol. The molecule has 0 aliphatic heterocycles. The molecule has 23 heavy (non-hydrogen) atoms. The van der Waals surface area contributed by atoms with Gasteiger partial charge >= 0.3 is 0 Å². The Morgan fingerprint density at radius 3 is 2.57 bits per heavy atom. The number of aromatic nitrogens is 2. The number of fused-ring (bicyclic) bond motifs is 2. The molecule has 1 heterocycles. The van der Waals surface area contributed by atoms with Crippen molar-refractivity contribution in [1.82, 2.24) is 14.9 Å². The second kappa shape index (κ2) is 5.01. The fourth-order valence-electron chi connectivity index (χ4n) is 4.31. The van der Waals surface area contributed by atoms with Crippen LogP contribution >= 0.6 is 0 Å². The summed E-state index contributed by atoms with van der Waals surface area (Å²) in [5, 5.41) is 2.88. The minimum atomic E-state index is -1.19. The van der Waals surface area contributed by atoms with Crippen LogP contribution in [-0.2, 0) is 20.9 Å². The van der Waals surface area contributed by atoms with Crippen LogP contribution in [0.1, 0.15) is 40.0 Å². The van der Waals surface area contributed by atoms with E-state index in [0.29, 0.717) is 19.4 Å². The zero-order valence-electron chi connectivity index (χ0n) is 13.9. The van der Waals surface area contributed by atoms with Gasteiger partial charge < -0.3 is 9.88 Å². The Hall–Kier alpha value is -1.98. The second-order valence-corrected chi connectivity index (χ2v) is 7.43. The summed E-state index contributed by atoms with van der Waals surface area (Å²) in [5.41, 5.74) is -2.53. The van der Waals surface area contributed by atoms with Gasteiger partial charge in [0.2, 0.25) is 17.5 Å². The second-order valence-electron chi connectivity index (χ2n) is 7.43. The lowest BCUT2D eigenvalue weighted by atomic mass is 9.64. The summed E-state index contributed by atoms with van der Waals surface area (Å²) in [6, 6.07) is 0. The number of nitrogens with one attached hydrogen (secondary N) is 1. The van der Waals surface area contributed by atoms with Gasteiger partial charge in [0.05, 0.1) is 6.33 Å². The van der Waals surface area contributed by atoms with Gasteiger partial charge in [0.15, 0.2) is 0 Å². The Bertz CT molecular complexity index is 665. The Kier molecular flexibility index (Phi) is 3.46. The molecule has 1 aromatic rings. The monoisotopic (exact) mass is 317 g/mol. The number of carbonyl (C=O) groups is 3. The molecule has 2 aliphatic carbocycles. The van der Waals surface area contributed by atoms with Crippen molar-refractivity contribution in [3.8, 4) is 0 Å². The van der Waals surface area contributed by atoms with Crippen LogP contribution in [0.4, 0.5) is 0 Å². The van der Waals surface area contributed by atoms with Crippen LogP contribution in [0.15, 0.2) is 18.7 Å². The molecule has 2 atom stereocenters. The first-order chi connectivity index (χ1) is 10.8. The number of aryl methyl sites for hydroxylation is 1. The number of Topliss-reactive ketones (excluding diaryl/α,β-unsaturated/α-hetero) is 2. The number of amides is 1. The van der Waals surface area contributed by atoms with Crippen LogP contribution in [0.5, 0.6) is 0 Å².